The van der Waals surface area contributed by atoms with E-state index in [1.54, 1.807) is 0 Å². The third-order valence-electron chi connectivity index (χ3n) is 5.06. The maximum Gasteiger partial charge on any atom is 0.240 e. The first-order valence-electron chi connectivity index (χ1n) is 10.1. The number of aryl methyl sites for hydroxylation is 1. The summed E-state index contributed by atoms with van der Waals surface area (Å²) < 4.78 is 7.48. The minimum atomic E-state index is -0.143. The smallest absolute Gasteiger partial charge is 0.240 e. The van der Waals surface area contributed by atoms with Crippen molar-refractivity contribution < 1.29 is 9.53 Å². The molecule has 1 aliphatic heterocycles. The van der Waals surface area contributed by atoms with Gasteiger partial charge in [-0.25, -0.2) is 4.98 Å². The summed E-state index contributed by atoms with van der Waals surface area (Å²) in [5.41, 5.74) is 3.75. The van der Waals surface area contributed by atoms with E-state index in [1.807, 2.05) is 60.2 Å². The predicted octanol–water partition coefficient (Wildman–Crippen LogP) is 4.21. The minimum Gasteiger partial charge on any atom is -0.377 e. The Kier molecular flexibility index (Phi) is 6.47. The molecule has 1 atom stereocenters. The Hall–Kier alpha value is -2.67. The maximum atomic E-state index is 12.5. The van der Waals surface area contributed by atoms with Gasteiger partial charge in [0, 0.05) is 35.6 Å². The first-order chi connectivity index (χ1) is 14.6. The van der Waals surface area contributed by atoms with Crippen molar-refractivity contribution >= 4 is 23.5 Å². The molecule has 1 amide bonds. The van der Waals surface area contributed by atoms with E-state index >= 15 is 0 Å². The standard InChI is InChI=1S/C23H25ClN4O2/c1-16-4-2-5-19(12-16)28-15-21(17-7-9-18(24)10-8-17)26-23(28)27-22(29)14-25-13-20-6-3-11-30-20/h2,4-5,7-10,12,15,20,25H,3,6,11,13-14H2,1H3,(H,26,27,29). The molecule has 0 aliphatic carbocycles. The number of carbonyl (C=O) groups excluding carboxylic acids is 1. The van der Waals surface area contributed by atoms with Crippen LogP contribution in [0.5, 0.6) is 0 Å². The summed E-state index contributed by atoms with van der Waals surface area (Å²) in [6, 6.07) is 15.6. The Morgan fingerprint density at radius 2 is 2.10 bits per heavy atom. The van der Waals surface area contributed by atoms with Crippen molar-refractivity contribution in [3.05, 3.63) is 65.3 Å². The molecule has 2 aromatic carbocycles. The van der Waals surface area contributed by atoms with Crippen LogP contribution in [0.2, 0.25) is 5.02 Å². The zero-order chi connectivity index (χ0) is 20.9. The van der Waals surface area contributed by atoms with Gasteiger partial charge in [0.1, 0.15) is 0 Å². The highest BCUT2D eigenvalue weighted by molar-refractivity contribution is 6.30. The van der Waals surface area contributed by atoms with Crippen molar-refractivity contribution in [2.24, 2.45) is 0 Å². The zero-order valence-corrected chi connectivity index (χ0v) is 17.7. The lowest BCUT2D eigenvalue weighted by Gasteiger charge is -2.12. The first kappa shape index (κ1) is 20.6. The molecule has 7 heteroatoms. The normalized spacial score (nSPS) is 16.0. The van der Waals surface area contributed by atoms with E-state index in [4.69, 9.17) is 16.3 Å². The second-order valence-corrected chi connectivity index (χ2v) is 7.92. The molecule has 2 N–H and O–H groups in total. The molecule has 2 heterocycles. The van der Waals surface area contributed by atoms with Gasteiger partial charge < -0.3 is 10.1 Å². The third-order valence-corrected chi connectivity index (χ3v) is 5.31. The number of benzene rings is 2. The number of hydrogen-bond donors (Lipinski definition) is 2. The van der Waals surface area contributed by atoms with Crippen LogP contribution in [0.15, 0.2) is 54.7 Å². The van der Waals surface area contributed by atoms with E-state index < -0.39 is 0 Å². The average molecular weight is 425 g/mol. The number of carbonyl (C=O) groups is 1. The highest BCUT2D eigenvalue weighted by atomic mass is 35.5. The lowest BCUT2D eigenvalue weighted by atomic mass is 10.2. The topological polar surface area (TPSA) is 68.2 Å². The number of aromatic nitrogens is 2. The number of nitrogens with one attached hydrogen (secondary N) is 2. The van der Waals surface area contributed by atoms with Crippen molar-refractivity contribution in [3.8, 4) is 16.9 Å². The van der Waals surface area contributed by atoms with Crippen LogP contribution in [-0.2, 0) is 9.53 Å². The molecule has 0 radical (unpaired) electrons. The minimum absolute atomic E-state index is 0.143. The fourth-order valence-electron chi connectivity index (χ4n) is 3.52. The Morgan fingerprint density at radius 1 is 1.27 bits per heavy atom. The molecule has 0 bridgehead atoms. The summed E-state index contributed by atoms with van der Waals surface area (Å²) in [4.78, 5) is 17.2. The zero-order valence-electron chi connectivity index (χ0n) is 16.9. The summed E-state index contributed by atoms with van der Waals surface area (Å²) in [6.45, 7) is 3.72. The summed E-state index contributed by atoms with van der Waals surface area (Å²) in [5.74, 6) is 0.338. The van der Waals surface area contributed by atoms with Gasteiger partial charge >= 0.3 is 0 Å². The van der Waals surface area contributed by atoms with Crippen LogP contribution < -0.4 is 10.6 Å². The molecule has 1 fully saturated rings. The predicted molar refractivity (Wildman–Crippen MR) is 119 cm³/mol. The van der Waals surface area contributed by atoms with Gasteiger partial charge in [0.15, 0.2) is 0 Å². The Balaban J connectivity index is 1.53. The number of amides is 1. The molecular formula is C23H25ClN4O2. The Morgan fingerprint density at radius 3 is 2.83 bits per heavy atom. The van der Waals surface area contributed by atoms with Crippen LogP contribution in [-0.4, -0.2) is 41.3 Å². The second-order valence-electron chi connectivity index (χ2n) is 7.48. The largest absolute Gasteiger partial charge is 0.377 e. The highest BCUT2D eigenvalue weighted by Crippen LogP contribution is 2.26. The van der Waals surface area contributed by atoms with E-state index in [1.165, 1.54) is 0 Å². The Labute approximate surface area is 181 Å². The SMILES string of the molecule is Cc1cccc(-n2cc(-c3ccc(Cl)cc3)nc2NC(=O)CNCC2CCCO2)c1. The molecule has 0 saturated carbocycles. The number of imidazole rings is 1. The fourth-order valence-corrected chi connectivity index (χ4v) is 3.65. The van der Waals surface area contributed by atoms with Crippen LogP contribution in [0.1, 0.15) is 18.4 Å². The molecule has 4 rings (SSSR count). The van der Waals surface area contributed by atoms with Crippen LogP contribution in [0.3, 0.4) is 0 Å². The number of hydrogen-bond acceptors (Lipinski definition) is 4. The van der Waals surface area contributed by atoms with Crippen LogP contribution in [0.4, 0.5) is 5.95 Å². The molecule has 1 aliphatic rings. The van der Waals surface area contributed by atoms with Gasteiger partial charge in [-0.2, -0.15) is 0 Å². The molecule has 156 valence electrons. The van der Waals surface area contributed by atoms with Gasteiger partial charge in [0.2, 0.25) is 11.9 Å². The number of anilines is 1. The van der Waals surface area contributed by atoms with Crippen molar-refractivity contribution in [1.29, 1.82) is 0 Å². The molecule has 30 heavy (non-hydrogen) atoms. The number of halogens is 1. The molecule has 1 saturated heterocycles. The molecular weight excluding hydrogens is 400 g/mol. The quantitative estimate of drug-likeness (QED) is 0.596. The van der Waals surface area contributed by atoms with Gasteiger partial charge in [0.25, 0.3) is 0 Å². The van der Waals surface area contributed by atoms with Crippen molar-refractivity contribution in [2.45, 2.75) is 25.9 Å². The number of rotatable bonds is 7. The molecule has 3 aromatic rings. The van der Waals surface area contributed by atoms with Crippen molar-refractivity contribution in [3.63, 3.8) is 0 Å². The van der Waals surface area contributed by atoms with Gasteiger partial charge in [0.05, 0.1) is 18.3 Å². The van der Waals surface area contributed by atoms with E-state index in [-0.39, 0.29) is 18.6 Å². The maximum absolute atomic E-state index is 12.5. The molecule has 0 spiro atoms. The summed E-state index contributed by atoms with van der Waals surface area (Å²) in [6.07, 6.45) is 4.24. The lowest BCUT2D eigenvalue weighted by Crippen LogP contribution is -2.34. The molecule has 1 aromatic heterocycles. The van der Waals surface area contributed by atoms with Crippen LogP contribution >= 0.6 is 11.6 Å². The van der Waals surface area contributed by atoms with Crippen molar-refractivity contribution in [2.75, 3.05) is 25.0 Å². The second kappa shape index (κ2) is 9.43. The first-order valence-corrected chi connectivity index (χ1v) is 10.5. The summed E-state index contributed by atoms with van der Waals surface area (Å²) in [5, 5.41) is 6.78. The monoisotopic (exact) mass is 424 g/mol. The number of ether oxygens (including phenoxy) is 1. The van der Waals surface area contributed by atoms with E-state index in [0.29, 0.717) is 17.5 Å². The summed E-state index contributed by atoms with van der Waals surface area (Å²) >= 11 is 6.01. The van der Waals surface area contributed by atoms with Gasteiger partial charge in [-0.1, -0.05) is 35.9 Å². The van der Waals surface area contributed by atoms with Crippen LogP contribution in [0.25, 0.3) is 16.9 Å². The number of nitrogens with zero attached hydrogens (tertiary/aromatic N) is 2. The van der Waals surface area contributed by atoms with Gasteiger partial charge in [-0.3, -0.25) is 14.7 Å². The summed E-state index contributed by atoms with van der Waals surface area (Å²) in [7, 11) is 0. The Bertz CT molecular complexity index is 1010. The van der Waals surface area contributed by atoms with E-state index in [0.717, 1.165) is 42.0 Å². The van der Waals surface area contributed by atoms with Gasteiger partial charge in [-0.15, -0.1) is 0 Å². The fraction of sp³-hybridized carbons (Fsp3) is 0.304. The molecule has 6 nitrogen and oxygen atoms in total. The molecule has 1 unspecified atom stereocenters. The van der Waals surface area contributed by atoms with Crippen molar-refractivity contribution in [1.82, 2.24) is 14.9 Å². The third kappa shape index (κ3) is 5.08. The van der Waals surface area contributed by atoms with E-state index in [9.17, 15) is 4.79 Å². The highest BCUT2D eigenvalue weighted by Gasteiger charge is 2.17. The van der Waals surface area contributed by atoms with Gasteiger partial charge in [-0.05, 0) is 49.6 Å². The van der Waals surface area contributed by atoms with E-state index in [2.05, 4.69) is 21.7 Å². The average Bonchev–Trinajstić information content (AvgIpc) is 3.39. The van der Waals surface area contributed by atoms with Crippen LogP contribution in [0, 0.1) is 6.92 Å². The lowest BCUT2D eigenvalue weighted by molar-refractivity contribution is -0.115.